The summed E-state index contributed by atoms with van der Waals surface area (Å²) in [7, 11) is 0. The number of hydrogen-bond donors (Lipinski definition) is 1. The first-order valence-corrected chi connectivity index (χ1v) is 8.36. The van der Waals surface area contributed by atoms with Gasteiger partial charge in [0.1, 0.15) is 18.2 Å². The summed E-state index contributed by atoms with van der Waals surface area (Å²) in [4.78, 5) is 16.0. The van der Waals surface area contributed by atoms with Crippen LogP contribution in [0.2, 0.25) is 0 Å². The highest BCUT2D eigenvalue weighted by molar-refractivity contribution is 5.76. The second kappa shape index (κ2) is 8.80. The van der Waals surface area contributed by atoms with E-state index in [0.717, 1.165) is 5.75 Å². The number of oxazole rings is 1. The van der Waals surface area contributed by atoms with Crippen LogP contribution in [-0.4, -0.2) is 24.0 Å². The number of aromatic nitrogens is 1. The maximum Gasteiger partial charge on any atom is 0.220 e. The standard InChI is InChI=1S/C20H19FN2O3/c21-17-9-5-4-8-16(17)18-14-23-20(26-18)11-10-19(24)22-12-13-25-15-6-2-1-3-7-15/h1-9,14H,10-13H2,(H,22,24). The van der Waals surface area contributed by atoms with Gasteiger partial charge in [-0.2, -0.15) is 0 Å². The fourth-order valence-electron chi connectivity index (χ4n) is 2.40. The molecule has 0 aliphatic rings. The van der Waals surface area contributed by atoms with Crippen molar-refractivity contribution in [2.45, 2.75) is 12.8 Å². The number of benzene rings is 2. The monoisotopic (exact) mass is 354 g/mol. The minimum Gasteiger partial charge on any atom is -0.492 e. The third-order valence-corrected chi connectivity index (χ3v) is 3.69. The molecule has 3 rings (SSSR count). The van der Waals surface area contributed by atoms with Crippen molar-refractivity contribution in [3.05, 3.63) is 72.5 Å². The van der Waals surface area contributed by atoms with Crippen molar-refractivity contribution in [1.29, 1.82) is 0 Å². The zero-order valence-electron chi connectivity index (χ0n) is 14.2. The first-order chi connectivity index (χ1) is 12.7. The molecule has 0 radical (unpaired) electrons. The topological polar surface area (TPSA) is 64.4 Å². The Morgan fingerprint density at radius 2 is 1.88 bits per heavy atom. The van der Waals surface area contributed by atoms with Crippen LogP contribution in [0.1, 0.15) is 12.3 Å². The highest BCUT2D eigenvalue weighted by atomic mass is 19.1. The lowest BCUT2D eigenvalue weighted by atomic mass is 10.2. The Bertz CT molecular complexity index is 849. The molecule has 0 fully saturated rings. The summed E-state index contributed by atoms with van der Waals surface area (Å²) in [5.74, 6) is 1.04. The van der Waals surface area contributed by atoms with E-state index in [9.17, 15) is 9.18 Å². The molecule has 5 nitrogen and oxygen atoms in total. The number of nitrogens with one attached hydrogen (secondary N) is 1. The van der Waals surface area contributed by atoms with Gasteiger partial charge in [-0.05, 0) is 24.3 Å². The summed E-state index contributed by atoms with van der Waals surface area (Å²) in [6.07, 6.45) is 2.06. The molecule has 0 aliphatic carbocycles. The van der Waals surface area contributed by atoms with Crippen molar-refractivity contribution in [2.24, 2.45) is 0 Å². The van der Waals surface area contributed by atoms with Gasteiger partial charge in [-0.1, -0.05) is 30.3 Å². The highest BCUT2D eigenvalue weighted by Gasteiger charge is 2.11. The van der Waals surface area contributed by atoms with Gasteiger partial charge in [-0.3, -0.25) is 4.79 Å². The van der Waals surface area contributed by atoms with Crippen LogP contribution in [0.4, 0.5) is 4.39 Å². The molecule has 2 aromatic carbocycles. The van der Waals surface area contributed by atoms with Crippen molar-refractivity contribution in [3.8, 4) is 17.1 Å². The van der Waals surface area contributed by atoms with Gasteiger partial charge in [0.2, 0.25) is 5.91 Å². The van der Waals surface area contributed by atoms with Crippen LogP contribution < -0.4 is 10.1 Å². The summed E-state index contributed by atoms with van der Waals surface area (Å²) in [6, 6.07) is 15.7. The molecule has 0 aliphatic heterocycles. The average molecular weight is 354 g/mol. The molecule has 0 atom stereocenters. The Balaban J connectivity index is 1.40. The fraction of sp³-hybridized carbons (Fsp3) is 0.200. The Morgan fingerprint density at radius 3 is 2.69 bits per heavy atom. The Morgan fingerprint density at radius 1 is 1.12 bits per heavy atom. The molecule has 1 amide bonds. The van der Waals surface area contributed by atoms with Gasteiger partial charge in [0.15, 0.2) is 11.7 Å². The molecule has 0 unspecified atom stereocenters. The van der Waals surface area contributed by atoms with E-state index >= 15 is 0 Å². The number of para-hydroxylation sites is 1. The Labute approximate surface area is 150 Å². The lowest BCUT2D eigenvalue weighted by molar-refractivity contribution is -0.121. The predicted molar refractivity (Wildman–Crippen MR) is 95.2 cm³/mol. The fourth-order valence-corrected chi connectivity index (χ4v) is 2.40. The van der Waals surface area contributed by atoms with Crippen molar-refractivity contribution >= 4 is 5.91 Å². The van der Waals surface area contributed by atoms with Crippen molar-refractivity contribution in [1.82, 2.24) is 10.3 Å². The van der Waals surface area contributed by atoms with Gasteiger partial charge in [-0.15, -0.1) is 0 Å². The van der Waals surface area contributed by atoms with E-state index in [-0.39, 0.29) is 18.1 Å². The van der Waals surface area contributed by atoms with Gasteiger partial charge >= 0.3 is 0 Å². The minimum atomic E-state index is -0.369. The third kappa shape index (κ3) is 4.92. The number of rotatable bonds is 8. The number of carbonyl (C=O) groups excluding carboxylic acids is 1. The molecule has 0 spiro atoms. The quantitative estimate of drug-likeness (QED) is 0.628. The van der Waals surface area contributed by atoms with Crippen molar-refractivity contribution in [2.75, 3.05) is 13.2 Å². The van der Waals surface area contributed by atoms with Crippen molar-refractivity contribution in [3.63, 3.8) is 0 Å². The molecule has 6 heteroatoms. The van der Waals surface area contributed by atoms with Gasteiger partial charge in [0.25, 0.3) is 0 Å². The molecular formula is C20H19FN2O3. The number of nitrogens with zero attached hydrogens (tertiary/aromatic N) is 1. The summed E-state index contributed by atoms with van der Waals surface area (Å²) < 4.78 is 24.8. The summed E-state index contributed by atoms with van der Waals surface area (Å²) >= 11 is 0. The van der Waals surface area contributed by atoms with Gasteiger partial charge in [0, 0.05) is 12.8 Å². The smallest absolute Gasteiger partial charge is 0.220 e. The maximum absolute atomic E-state index is 13.7. The van der Waals surface area contributed by atoms with Crippen LogP contribution in [0.15, 0.2) is 65.2 Å². The Hall–Kier alpha value is -3.15. The Kier molecular flexibility index (Phi) is 5.98. The second-order valence-corrected chi connectivity index (χ2v) is 5.61. The lowest BCUT2D eigenvalue weighted by Crippen LogP contribution is -2.28. The van der Waals surface area contributed by atoms with E-state index in [2.05, 4.69) is 10.3 Å². The maximum atomic E-state index is 13.7. The molecule has 0 saturated carbocycles. The van der Waals surface area contributed by atoms with E-state index in [1.165, 1.54) is 12.3 Å². The SMILES string of the molecule is O=C(CCc1ncc(-c2ccccc2F)o1)NCCOc1ccccc1. The van der Waals surface area contributed by atoms with Gasteiger partial charge < -0.3 is 14.5 Å². The molecule has 1 aromatic heterocycles. The predicted octanol–water partition coefficient (Wildman–Crippen LogP) is 3.61. The lowest BCUT2D eigenvalue weighted by Gasteiger charge is -2.07. The number of ether oxygens (including phenoxy) is 1. The average Bonchev–Trinajstić information content (AvgIpc) is 3.13. The summed E-state index contributed by atoms with van der Waals surface area (Å²) in [6.45, 7) is 0.811. The summed E-state index contributed by atoms with van der Waals surface area (Å²) in [5.41, 5.74) is 0.355. The molecule has 1 N–H and O–H groups in total. The molecule has 134 valence electrons. The number of amides is 1. The van der Waals surface area contributed by atoms with Crippen LogP contribution >= 0.6 is 0 Å². The minimum absolute atomic E-state index is 0.118. The van der Waals surface area contributed by atoms with E-state index in [1.54, 1.807) is 18.2 Å². The van der Waals surface area contributed by atoms with E-state index in [1.807, 2.05) is 30.3 Å². The number of aryl methyl sites for hydroxylation is 1. The normalized spacial score (nSPS) is 10.5. The highest BCUT2D eigenvalue weighted by Crippen LogP contribution is 2.23. The van der Waals surface area contributed by atoms with Crippen LogP contribution in [0.3, 0.4) is 0 Å². The van der Waals surface area contributed by atoms with Crippen LogP contribution in [0, 0.1) is 5.82 Å². The zero-order chi connectivity index (χ0) is 18.2. The number of carbonyl (C=O) groups is 1. The van der Waals surface area contributed by atoms with Crippen molar-refractivity contribution < 1.29 is 18.3 Å². The van der Waals surface area contributed by atoms with Crippen LogP contribution in [0.5, 0.6) is 5.75 Å². The van der Waals surface area contributed by atoms with Gasteiger partial charge in [0.05, 0.1) is 18.3 Å². The van der Waals surface area contributed by atoms with Crippen LogP contribution in [0.25, 0.3) is 11.3 Å². The molecule has 1 heterocycles. The van der Waals surface area contributed by atoms with Crippen LogP contribution in [-0.2, 0) is 11.2 Å². The number of hydrogen-bond acceptors (Lipinski definition) is 4. The molecule has 3 aromatic rings. The first kappa shape index (κ1) is 17.7. The first-order valence-electron chi connectivity index (χ1n) is 8.36. The summed E-state index contributed by atoms with van der Waals surface area (Å²) in [5, 5.41) is 2.78. The molecule has 0 bridgehead atoms. The van der Waals surface area contributed by atoms with E-state index in [0.29, 0.717) is 36.8 Å². The third-order valence-electron chi connectivity index (χ3n) is 3.69. The van der Waals surface area contributed by atoms with E-state index in [4.69, 9.17) is 9.15 Å². The second-order valence-electron chi connectivity index (χ2n) is 5.61. The molecule has 0 saturated heterocycles. The largest absolute Gasteiger partial charge is 0.492 e. The number of halogens is 1. The zero-order valence-corrected chi connectivity index (χ0v) is 14.2. The molecular weight excluding hydrogens is 335 g/mol. The van der Waals surface area contributed by atoms with E-state index < -0.39 is 0 Å². The molecule has 26 heavy (non-hydrogen) atoms. The van der Waals surface area contributed by atoms with Gasteiger partial charge in [-0.25, -0.2) is 9.37 Å².